The Balaban J connectivity index is 3.53. The number of hydrogen-bond acceptors (Lipinski definition) is 4. The van der Waals surface area contributed by atoms with E-state index in [1.165, 1.54) is 6.08 Å². The summed E-state index contributed by atoms with van der Waals surface area (Å²) in [7, 11) is -4.18. The summed E-state index contributed by atoms with van der Waals surface area (Å²) in [4.78, 5) is 9.21. The summed E-state index contributed by atoms with van der Waals surface area (Å²) in [6.07, 6.45) is 1.36. The molecule has 0 bridgehead atoms. The van der Waals surface area contributed by atoms with E-state index in [2.05, 4.69) is 6.58 Å². The number of nitro groups is 1. The predicted molar refractivity (Wildman–Crippen MR) is 72.3 cm³/mol. The Morgan fingerprint density at radius 2 is 2.10 bits per heavy atom. The molecule has 110 valence electrons. The van der Waals surface area contributed by atoms with Crippen molar-refractivity contribution in [2.75, 3.05) is 6.54 Å². The summed E-state index contributed by atoms with van der Waals surface area (Å²) in [5, 5.41) is 10.9. The van der Waals surface area contributed by atoms with Crippen LogP contribution in [0.4, 0.5) is 10.1 Å². The molecular formula is C12H15FN2O4S. The Hall–Kier alpha value is -1.80. The van der Waals surface area contributed by atoms with Gasteiger partial charge in [-0.1, -0.05) is 12.1 Å². The van der Waals surface area contributed by atoms with Crippen LogP contribution in [0, 0.1) is 15.9 Å². The van der Waals surface area contributed by atoms with Gasteiger partial charge in [0.1, 0.15) is 0 Å². The molecule has 8 heteroatoms. The summed E-state index contributed by atoms with van der Waals surface area (Å²) in [6.45, 7) is 6.67. The Morgan fingerprint density at radius 3 is 2.55 bits per heavy atom. The van der Waals surface area contributed by atoms with Crippen molar-refractivity contribution in [1.29, 1.82) is 0 Å². The predicted octanol–water partition coefficient (Wildman–Crippen LogP) is 2.32. The van der Waals surface area contributed by atoms with Gasteiger partial charge in [-0.25, -0.2) is 8.42 Å². The molecule has 0 atom stereocenters. The van der Waals surface area contributed by atoms with E-state index in [0.717, 1.165) is 22.5 Å². The van der Waals surface area contributed by atoms with Gasteiger partial charge in [-0.05, 0) is 26.0 Å². The number of nitro benzene ring substituents is 1. The first-order valence-corrected chi connectivity index (χ1v) is 7.23. The van der Waals surface area contributed by atoms with Crippen molar-refractivity contribution in [3.63, 3.8) is 0 Å². The van der Waals surface area contributed by atoms with Gasteiger partial charge in [0.25, 0.3) is 10.0 Å². The first-order chi connectivity index (χ1) is 9.23. The molecule has 0 radical (unpaired) electrons. The van der Waals surface area contributed by atoms with Crippen LogP contribution < -0.4 is 0 Å². The summed E-state index contributed by atoms with van der Waals surface area (Å²) >= 11 is 0. The van der Waals surface area contributed by atoms with Gasteiger partial charge in [0.05, 0.1) is 4.92 Å². The third-order valence-corrected chi connectivity index (χ3v) is 4.68. The number of rotatable bonds is 6. The van der Waals surface area contributed by atoms with Crippen molar-refractivity contribution < 1.29 is 17.7 Å². The zero-order valence-electron chi connectivity index (χ0n) is 11.1. The molecular weight excluding hydrogens is 287 g/mol. The molecule has 0 saturated heterocycles. The highest BCUT2D eigenvalue weighted by Gasteiger charge is 2.34. The number of hydrogen-bond donors (Lipinski definition) is 0. The van der Waals surface area contributed by atoms with Crippen LogP contribution in [0.1, 0.15) is 13.8 Å². The van der Waals surface area contributed by atoms with Gasteiger partial charge < -0.3 is 0 Å². The van der Waals surface area contributed by atoms with Gasteiger partial charge >= 0.3 is 5.69 Å². The number of para-hydroxylation sites is 1. The van der Waals surface area contributed by atoms with Crippen LogP contribution in [0.5, 0.6) is 0 Å². The molecule has 0 spiro atoms. The smallest absolute Gasteiger partial charge is 0.258 e. The molecule has 20 heavy (non-hydrogen) atoms. The number of sulfonamides is 1. The van der Waals surface area contributed by atoms with Crippen molar-refractivity contribution in [2.24, 2.45) is 0 Å². The van der Waals surface area contributed by atoms with Crippen molar-refractivity contribution in [1.82, 2.24) is 4.31 Å². The van der Waals surface area contributed by atoms with Gasteiger partial charge in [-0.15, -0.1) is 6.58 Å². The summed E-state index contributed by atoms with van der Waals surface area (Å²) in [5.41, 5.74) is -1.04. The third kappa shape index (κ3) is 3.02. The molecule has 1 rings (SSSR count). The van der Waals surface area contributed by atoms with E-state index in [1.807, 2.05) is 0 Å². The van der Waals surface area contributed by atoms with Gasteiger partial charge in [-0.2, -0.15) is 8.70 Å². The second-order valence-corrected chi connectivity index (χ2v) is 6.16. The second-order valence-electron chi connectivity index (χ2n) is 4.30. The molecule has 0 N–H and O–H groups in total. The molecule has 0 aliphatic carbocycles. The molecule has 0 aromatic heterocycles. The van der Waals surface area contributed by atoms with Crippen LogP contribution in [-0.4, -0.2) is 30.2 Å². The molecule has 0 unspecified atom stereocenters. The molecule has 0 saturated carbocycles. The minimum Gasteiger partial charge on any atom is -0.258 e. The Labute approximate surface area is 116 Å². The fourth-order valence-corrected chi connectivity index (χ4v) is 3.50. The molecule has 0 aliphatic heterocycles. The van der Waals surface area contributed by atoms with Crippen LogP contribution in [0.2, 0.25) is 0 Å². The maximum Gasteiger partial charge on any atom is 0.324 e. The summed E-state index contributed by atoms with van der Waals surface area (Å²) in [5.74, 6) is -1.18. The lowest BCUT2D eigenvalue weighted by atomic mass is 10.3. The number of benzene rings is 1. The molecule has 0 amide bonds. The normalized spacial score (nSPS) is 11.8. The molecule has 0 fully saturated rings. The SMILES string of the molecule is C=CCN(C(C)C)S(=O)(=O)c1cccc(F)c1[N+](=O)[O-]. The average molecular weight is 302 g/mol. The summed E-state index contributed by atoms with van der Waals surface area (Å²) < 4.78 is 39.4. The Bertz CT molecular complexity index is 628. The zero-order valence-corrected chi connectivity index (χ0v) is 11.9. The lowest BCUT2D eigenvalue weighted by Gasteiger charge is -2.24. The van der Waals surface area contributed by atoms with E-state index in [0.29, 0.717) is 0 Å². The van der Waals surface area contributed by atoms with E-state index >= 15 is 0 Å². The van der Waals surface area contributed by atoms with Crippen molar-refractivity contribution in [3.8, 4) is 0 Å². The number of halogens is 1. The average Bonchev–Trinajstić information content (AvgIpc) is 2.34. The minimum atomic E-state index is -4.18. The molecule has 6 nitrogen and oxygen atoms in total. The fourth-order valence-electron chi connectivity index (χ4n) is 1.72. The topological polar surface area (TPSA) is 80.5 Å². The molecule has 0 heterocycles. The largest absolute Gasteiger partial charge is 0.324 e. The standard InChI is InChI=1S/C12H15FN2O4S/c1-4-8-14(9(2)3)20(18,19)11-7-5-6-10(13)12(11)15(16)17/h4-7,9H,1,8H2,2-3H3. The zero-order chi connectivity index (χ0) is 15.5. The van der Waals surface area contributed by atoms with Gasteiger partial charge in [0.15, 0.2) is 4.90 Å². The van der Waals surface area contributed by atoms with Gasteiger partial charge in [0.2, 0.25) is 5.82 Å². The van der Waals surface area contributed by atoms with Crippen LogP contribution in [0.25, 0.3) is 0 Å². The van der Waals surface area contributed by atoms with E-state index in [9.17, 15) is 22.9 Å². The lowest BCUT2D eigenvalue weighted by molar-refractivity contribution is -0.390. The molecule has 0 aliphatic rings. The first-order valence-electron chi connectivity index (χ1n) is 5.79. The highest BCUT2D eigenvalue weighted by Crippen LogP contribution is 2.29. The van der Waals surface area contributed by atoms with E-state index in [-0.39, 0.29) is 6.54 Å². The van der Waals surface area contributed by atoms with E-state index in [4.69, 9.17) is 0 Å². The van der Waals surface area contributed by atoms with Crippen LogP contribution in [0.15, 0.2) is 35.7 Å². The molecule has 1 aromatic rings. The first kappa shape index (κ1) is 16.3. The minimum absolute atomic E-state index is 0.0202. The van der Waals surface area contributed by atoms with Crippen LogP contribution >= 0.6 is 0 Å². The Morgan fingerprint density at radius 1 is 1.50 bits per heavy atom. The van der Waals surface area contributed by atoms with Crippen molar-refractivity contribution >= 4 is 15.7 Å². The second kappa shape index (κ2) is 6.10. The van der Waals surface area contributed by atoms with Crippen LogP contribution in [0.3, 0.4) is 0 Å². The van der Waals surface area contributed by atoms with E-state index < -0.39 is 37.4 Å². The summed E-state index contributed by atoms with van der Waals surface area (Å²) in [6, 6.07) is 2.56. The fraction of sp³-hybridized carbons (Fsp3) is 0.333. The van der Waals surface area contributed by atoms with Crippen LogP contribution in [-0.2, 0) is 10.0 Å². The quantitative estimate of drug-likeness (QED) is 0.459. The Kier molecular flexibility index (Phi) is 4.96. The van der Waals surface area contributed by atoms with Gasteiger partial charge in [0, 0.05) is 12.6 Å². The third-order valence-electron chi connectivity index (χ3n) is 2.60. The van der Waals surface area contributed by atoms with Crippen molar-refractivity contribution in [2.45, 2.75) is 24.8 Å². The highest BCUT2D eigenvalue weighted by molar-refractivity contribution is 7.89. The monoisotopic (exact) mass is 302 g/mol. The maximum atomic E-state index is 13.5. The van der Waals surface area contributed by atoms with Gasteiger partial charge in [-0.3, -0.25) is 10.1 Å². The van der Waals surface area contributed by atoms with Crippen molar-refractivity contribution in [3.05, 3.63) is 46.8 Å². The van der Waals surface area contributed by atoms with E-state index in [1.54, 1.807) is 13.8 Å². The highest BCUT2D eigenvalue weighted by atomic mass is 32.2. The molecule has 1 aromatic carbocycles. The number of nitrogens with zero attached hydrogens (tertiary/aromatic N) is 2. The maximum absolute atomic E-state index is 13.5. The lowest BCUT2D eigenvalue weighted by Crippen LogP contribution is -2.37.